The highest BCUT2D eigenvalue weighted by Gasteiger charge is 2.21. The molecule has 1 fully saturated rings. The van der Waals surface area contributed by atoms with E-state index < -0.39 is 0 Å². The number of rotatable bonds is 6. The van der Waals surface area contributed by atoms with Crippen molar-refractivity contribution in [3.63, 3.8) is 0 Å². The molecule has 35 heavy (non-hydrogen) atoms. The van der Waals surface area contributed by atoms with Gasteiger partial charge in [0, 0.05) is 42.1 Å². The molecule has 0 radical (unpaired) electrons. The molecule has 4 heterocycles. The summed E-state index contributed by atoms with van der Waals surface area (Å²) in [4.78, 5) is 30.0. The van der Waals surface area contributed by atoms with E-state index in [1.165, 1.54) is 6.08 Å². The summed E-state index contributed by atoms with van der Waals surface area (Å²) < 4.78 is 5.89. The average Bonchev–Trinajstić information content (AvgIpc) is 2.89. The lowest BCUT2D eigenvalue weighted by molar-refractivity contribution is -0.111. The monoisotopic (exact) mass is 468 g/mol. The third kappa shape index (κ3) is 4.79. The topological polar surface area (TPSA) is 140 Å². The minimum Gasteiger partial charge on any atom is -0.383 e. The second-order valence-electron chi connectivity index (χ2n) is 7.88. The number of para-hydroxylation sites is 1. The first-order chi connectivity index (χ1) is 17.1. The van der Waals surface area contributed by atoms with Gasteiger partial charge < -0.3 is 26.4 Å². The number of pyridine rings is 2. The van der Waals surface area contributed by atoms with Crippen molar-refractivity contribution in [2.45, 2.75) is 6.10 Å². The Morgan fingerprint density at radius 2 is 2.09 bits per heavy atom. The lowest BCUT2D eigenvalue weighted by atomic mass is 10.1. The highest BCUT2D eigenvalue weighted by molar-refractivity contribution is 6.01. The molecule has 0 spiro atoms. The van der Waals surface area contributed by atoms with Crippen LogP contribution in [0.5, 0.6) is 0 Å². The van der Waals surface area contributed by atoms with E-state index in [0.717, 1.165) is 23.5 Å². The van der Waals surface area contributed by atoms with Crippen LogP contribution < -0.4 is 21.7 Å². The number of nitrogens with zero attached hydrogens (tertiary/aromatic N) is 4. The number of nitrogen functional groups attached to an aromatic ring is 1. The molecule has 1 aliphatic heterocycles. The summed E-state index contributed by atoms with van der Waals surface area (Å²) in [7, 11) is 0. The molecular formula is C25H24N8O2. The molecule has 1 saturated heterocycles. The fourth-order valence-electron chi connectivity index (χ4n) is 3.93. The molecule has 1 aliphatic rings. The maximum atomic E-state index is 11.7. The Labute approximate surface area is 201 Å². The number of amides is 1. The van der Waals surface area contributed by atoms with E-state index >= 15 is 0 Å². The fraction of sp³-hybridized carbons (Fsp3) is 0.160. The molecule has 0 aliphatic carbocycles. The van der Waals surface area contributed by atoms with Crippen LogP contribution in [0.25, 0.3) is 22.2 Å². The third-order valence-electron chi connectivity index (χ3n) is 5.56. The molecule has 5 rings (SSSR count). The fourth-order valence-corrected chi connectivity index (χ4v) is 3.93. The van der Waals surface area contributed by atoms with E-state index in [4.69, 9.17) is 15.5 Å². The van der Waals surface area contributed by atoms with E-state index in [9.17, 15) is 4.79 Å². The number of hydrogen-bond acceptors (Lipinski definition) is 9. The summed E-state index contributed by atoms with van der Waals surface area (Å²) in [5.74, 6) is 0.357. The number of aromatic nitrogens is 4. The van der Waals surface area contributed by atoms with E-state index in [2.05, 4.69) is 37.5 Å². The first-order valence-electron chi connectivity index (χ1n) is 11.1. The van der Waals surface area contributed by atoms with Gasteiger partial charge in [-0.3, -0.25) is 14.8 Å². The zero-order valence-corrected chi connectivity index (χ0v) is 18.9. The Bertz CT molecular complexity index is 1400. The van der Waals surface area contributed by atoms with Gasteiger partial charge in [0.25, 0.3) is 0 Å². The predicted molar refractivity (Wildman–Crippen MR) is 135 cm³/mol. The number of morpholine rings is 1. The largest absolute Gasteiger partial charge is 0.383 e. The first-order valence-corrected chi connectivity index (χ1v) is 11.1. The van der Waals surface area contributed by atoms with Crippen LogP contribution in [0.1, 0.15) is 11.8 Å². The second kappa shape index (κ2) is 9.84. The molecule has 4 aromatic rings. The van der Waals surface area contributed by atoms with Gasteiger partial charge in [-0.25, -0.2) is 4.98 Å². The van der Waals surface area contributed by atoms with Crippen LogP contribution in [0.15, 0.2) is 67.5 Å². The summed E-state index contributed by atoms with van der Waals surface area (Å²) in [6.45, 7) is 5.58. The van der Waals surface area contributed by atoms with Gasteiger partial charge in [-0.2, -0.15) is 4.98 Å². The lowest BCUT2D eigenvalue weighted by Gasteiger charge is -2.24. The molecule has 3 aromatic heterocycles. The zero-order valence-electron chi connectivity index (χ0n) is 18.9. The Balaban J connectivity index is 1.54. The standard InChI is InChI=1S/C25H24N8O2/c1-2-21(34)30-15-8-10-28-19(13-15)16-5-3-6-17-22(16)32-25(33-24(17)26)31-18-7-4-9-29-23(18)20-14-27-11-12-35-20/h2-10,13,20,27H,1,11-12,14H2,(H,28,30,34)(H3,26,31,32,33). The van der Waals surface area contributed by atoms with Gasteiger partial charge in [-0.05, 0) is 36.4 Å². The summed E-state index contributed by atoms with van der Waals surface area (Å²) in [6, 6.07) is 12.9. The molecule has 1 atom stereocenters. The molecular weight excluding hydrogens is 444 g/mol. The van der Waals surface area contributed by atoms with Crippen molar-refractivity contribution in [2.24, 2.45) is 0 Å². The molecule has 176 valence electrons. The van der Waals surface area contributed by atoms with Gasteiger partial charge in [-0.1, -0.05) is 18.7 Å². The molecule has 1 aromatic carbocycles. The Hall–Kier alpha value is -4.41. The lowest BCUT2D eigenvalue weighted by Crippen LogP contribution is -2.34. The Kier molecular flexibility index (Phi) is 6.29. The van der Waals surface area contributed by atoms with Crippen molar-refractivity contribution < 1.29 is 9.53 Å². The van der Waals surface area contributed by atoms with Gasteiger partial charge in [0.15, 0.2) is 0 Å². The first kappa shape index (κ1) is 22.4. The Morgan fingerprint density at radius 1 is 1.17 bits per heavy atom. The van der Waals surface area contributed by atoms with Crippen LogP contribution in [0.3, 0.4) is 0 Å². The quantitative estimate of drug-likeness (QED) is 0.314. The van der Waals surface area contributed by atoms with E-state index in [1.54, 1.807) is 24.5 Å². The minimum absolute atomic E-state index is 0.182. The molecule has 5 N–H and O–H groups in total. The summed E-state index contributed by atoms with van der Waals surface area (Å²) in [5, 5.41) is 10.0. The number of nitrogens with two attached hydrogens (primary N) is 1. The molecule has 1 amide bonds. The number of anilines is 4. The Morgan fingerprint density at radius 3 is 2.91 bits per heavy atom. The van der Waals surface area contributed by atoms with Gasteiger partial charge >= 0.3 is 0 Å². The molecule has 1 unspecified atom stereocenters. The highest BCUT2D eigenvalue weighted by atomic mass is 16.5. The number of hydrogen-bond donors (Lipinski definition) is 4. The van der Waals surface area contributed by atoms with E-state index in [1.807, 2.05) is 30.3 Å². The number of fused-ring (bicyclic) bond motifs is 1. The van der Waals surface area contributed by atoms with Crippen LogP contribution in [0, 0.1) is 0 Å². The minimum atomic E-state index is -0.303. The third-order valence-corrected chi connectivity index (χ3v) is 5.56. The molecule has 10 heteroatoms. The van der Waals surface area contributed by atoms with Gasteiger partial charge in [0.05, 0.1) is 29.2 Å². The number of benzene rings is 1. The van der Waals surface area contributed by atoms with Crippen molar-refractivity contribution in [1.82, 2.24) is 25.3 Å². The smallest absolute Gasteiger partial charge is 0.247 e. The number of carbonyl (C=O) groups excluding carboxylic acids is 1. The SMILES string of the molecule is C=CC(=O)Nc1ccnc(-c2cccc3c(N)nc(Nc4cccnc4C4CNCCO4)nc23)c1. The van der Waals surface area contributed by atoms with Gasteiger partial charge in [0.2, 0.25) is 11.9 Å². The van der Waals surface area contributed by atoms with Crippen molar-refractivity contribution in [2.75, 3.05) is 36.1 Å². The second-order valence-corrected chi connectivity index (χ2v) is 7.88. The maximum Gasteiger partial charge on any atom is 0.247 e. The van der Waals surface area contributed by atoms with Crippen molar-refractivity contribution in [3.05, 3.63) is 73.2 Å². The summed E-state index contributed by atoms with van der Waals surface area (Å²) >= 11 is 0. The van der Waals surface area contributed by atoms with Crippen LogP contribution in [0.2, 0.25) is 0 Å². The number of carbonyl (C=O) groups is 1. The normalized spacial score (nSPS) is 15.5. The molecule has 10 nitrogen and oxygen atoms in total. The van der Waals surface area contributed by atoms with Crippen molar-refractivity contribution in [3.8, 4) is 11.3 Å². The van der Waals surface area contributed by atoms with Crippen LogP contribution in [-0.4, -0.2) is 45.5 Å². The maximum absolute atomic E-state index is 11.7. The predicted octanol–water partition coefficient (Wildman–Crippen LogP) is 3.20. The van der Waals surface area contributed by atoms with Crippen LogP contribution in [-0.2, 0) is 9.53 Å². The van der Waals surface area contributed by atoms with E-state index in [-0.39, 0.29) is 12.0 Å². The van der Waals surface area contributed by atoms with Gasteiger partial charge in [-0.15, -0.1) is 0 Å². The highest BCUT2D eigenvalue weighted by Crippen LogP contribution is 2.32. The van der Waals surface area contributed by atoms with Crippen molar-refractivity contribution in [1.29, 1.82) is 0 Å². The van der Waals surface area contributed by atoms with Crippen molar-refractivity contribution >= 4 is 40.0 Å². The molecule has 0 bridgehead atoms. The van der Waals surface area contributed by atoms with Gasteiger partial charge in [0.1, 0.15) is 11.9 Å². The number of nitrogens with one attached hydrogen (secondary N) is 3. The average molecular weight is 469 g/mol. The van der Waals surface area contributed by atoms with Crippen LogP contribution >= 0.6 is 0 Å². The summed E-state index contributed by atoms with van der Waals surface area (Å²) in [6.07, 6.45) is 4.39. The zero-order chi connectivity index (χ0) is 24.2. The molecule has 0 saturated carbocycles. The number of ether oxygens (including phenoxy) is 1. The van der Waals surface area contributed by atoms with Crippen LogP contribution in [0.4, 0.5) is 23.1 Å². The van der Waals surface area contributed by atoms with E-state index in [0.29, 0.717) is 47.2 Å². The summed E-state index contributed by atoms with van der Waals surface area (Å²) in [5.41, 5.74) is 10.4.